The van der Waals surface area contributed by atoms with E-state index in [9.17, 15) is 0 Å². The third kappa shape index (κ3) is 2.96. The minimum Gasteiger partial charge on any atom is -0.456 e. The van der Waals surface area contributed by atoms with Crippen LogP contribution in [0.4, 0.5) is 0 Å². The molecule has 0 saturated carbocycles. The summed E-state index contributed by atoms with van der Waals surface area (Å²) in [5.74, 6) is 0.643. The van der Waals surface area contributed by atoms with Gasteiger partial charge >= 0.3 is 0 Å². The summed E-state index contributed by atoms with van der Waals surface area (Å²) in [5.41, 5.74) is 6.75. The second-order valence-electron chi connectivity index (χ2n) is 10.2. The zero-order valence-corrected chi connectivity index (χ0v) is 21.4. The van der Waals surface area contributed by atoms with Crippen molar-refractivity contribution in [2.75, 3.05) is 0 Å². The predicted octanol–water partition coefficient (Wildman–Crippen LogP) is 9.45. The highest BCUT2D eigenvalue weighted by molar-refractivity contribution is 6.22. The van der Waals surface area contributed by atoms with Gasteiger partial charge in [-0.25, -0.2) is 9.97 Å². The van der Waals surface area contributed by atoms with Gasteiger partial charge in [0, 0.05) is 43.9 Å². The topological polar surface area (TPSA) is 43.9 Å². The van der Waals surface area contributed by atoms with Gasteiger partial charge in [-0.1, -0.05) is 103 Å². The van der Waals surface area contributed by atoms with Crippen LogP contribution in [0.15, 0.2) is 132 Å². The molecule has 186 valence electrons. The lowest BCUT2D eigenvalue weighted by Gasteiger charge is -2.12. The fraction of sp³-hybridized carbons (Fsp3) is 0. The van der Waals surface area contributed by atoms with Gasteiger partial charge < -0.3 is 4.42 Å². The third-order valence-electron chi connectivity index (χ3n) is 7.99. The van der Waals surface area contributed by atoms with Crippen molar-refractivity contribution in [1.82, 2.24) is 14.5 Å². The summed E-state index contributed by atoms with van der Waals surface area (Å²) in [4.78, 5) is 10.4. The van der Waals surface area contributed by atoms with Crippen molar-refractivity contribution in [3.05, 3.63) is 127 Å². The van der Waals surface area contributed by atoms with Crippen LogP contribution in [0.25, 0.3) is 82.6 Å². The zero-order chi connectivity index (χ0) is 26.2. The second kappa shape index (κ2) is 8.01. The van der Waals surface area contributed by atoms with Crippen LogP contribution in [0.1, 0.15) is 0 Å². The monoisotopic (exact) mass is 511 g/mol. The molecule has 0 spiro atoms. The van der Waals surface area contributed by atoms with E-state index in [0.29, 0.717) is 5.95 Å². The van der Waals surface area contributed by atoms with E-state index < -0.39 is 0 Å². The highest BCUT2D eigenvalue weighted by Crippen LogP contribution is 2.40. The molecule has 3 aromatic heterocycles. The summed E-state index contributed by atoms with van der Waals surface area (Å²) in [5, 5.41) is 7.92. The summed E-state index contributed by atoms with van der Waals surface area (Å²) >= 11 is 0. The highest BCUT2D eigenvalue weighted by Gasteiger charge is 2.21. The second-order valence-corrected chi connectivity index (χ2v) is 10.2. The molecule has 6 aromatic carbocycles. The average Bonchev–Trinajstić information content (AvgIpc) is 3.55. The lowest BCUT2D eigenvalue weighted by Crippen LogP contribution is -2.03. The van der Waals surface area contributed by atoms with Crippen LogP contribution in [0.3, 0.4) is 0 Å². The molecular formula is C36H21N3O. The molecule has 0 aliphatic rings. The van der Waals surface area contributed by atoms with E-state index in [4.69, 9.17) is 14.4 Å². The van der Waals surface area contributed by atoms with Crippen LogP contribution >= 0.6 is 0 Å². The van der Waals surface area contributed by atoms with Gasteiger partial charge in [-0.15, -0.1) is 0 Å². The summed E-state index contributed by atoms with van der Waals surface area (Å²) < 4.78 is 8.56. The van der Waals surface area contributed by atoms with Crippen LogP contribution in [-0.4, -0.2) is 14.5 Å². The van der Waals surface area contributed by atoms with Gasteiger partial charge in [0.1, 0.15) is 11.2 Å². The summed E-state index contributed by atoms with van der Waals surface area (Å²) in [6, 6.07) is 44.2. The van der Waals surface area contributed by atoms with Gasteiger partial charge in [-0.3, -0.25) is 4.57 Å². The van der Waals surface area contributed by atoms with Gasteiger partial charge in [0.15, 0.2) is 0 Å². The zero-order valence-electron chi connectivity index (χ0n) is 21.4. The number of hydrogen-bond acceptors (Lipinski definition) is 3. The van der Waals surface area contributed by atoms with E-state index in [-0.39, 0.29) is 0 Å². The molecular weight excluding hydrogens is 490 g/mol. The first-order valence-electron chi connectivity index (χ1n) is 13.4. The molecule has 3 heterocycles. The number of fused-ring (bicyclic) bond motifs is 9. The van der Waals surface area contributed by atoms with Crippen molar-refractivity contribution in [2.24, 2.45) is 0 Å². The highest BCUT2D eigenvalue weighted by atomic mass is 16.3. The Labute approximate surface area is 228 Å². The van der Waals surface area contributed by atoms with Gasteiger partial charge in [0.2, 0.25) is 5.95 Å². The van der Waals surface area contributed by atoms with Crippen LogP contribution in [0, 0.1) is 0 Å². The molecule has 9 aromatic rings. The molecule has 4 nitrogen and oxygen atoms in total. The largest absolute Gasteiger partial charge is 0.456 e. The first-order chi connectivity index (χ1) is 19.8. The van der Waals surface area contributed by atoms with E-state index in [1.54, 1.807) is 0 Å². The standard InChI is InChI=1S/C36H21N3O/c1-2-11-23(12-3-1)34-27-15-6-8-16-30(27)37-36(38-34)39-31-21-33-29(25-14-7-9-17-32(25)40-33)20-28(31)26-19-18-22-10-4-5-13-24(22)35(26)39/h1-21H. The molecule has 0 atom stereocenters. The Kier molecular flexibility index (Phi) is 4.30. The number of benzene rings is 6. The Morgan fingerprint density at radius 3 is 2.15 bits per heavy atom. The quantitative estimate of drug-likeness (QED) is 0.232. The van der Waals surface area contributed by atoms with Crippen LogP contribution in [0.5, 0.6) is 0 Å². The lowest BCUT2D eigenvalue weighted by molar-refractivity contribution is 0.669. The van der Waals surface area contributed by atoms with Gasteiger partial charge in [-0.05, 0) is 23.6 Å². The number of furan rings is 1. The Balaban J connectivity index is 1.48. The van der Waals surface area contributed by atoms with E-state index in [1.807, 2.05) is 30.3 Å². The first kappa shape index (κ1) is 21.5. The third-order valence-corrected chi connectivity index (χ3v) is 7.99. The van der Waals surface area contributed by atoms with E-state index in [2.05, 4.69) is 102 Å². The molecule has 0 aliphatic heterocycles. The number of hydrogen-bond donors (Lipinski definition) is 0. The van der Waals surface area contributed by atoms with Crippen LogP contribution in [0.2, 0.25) is 0 Å². The Bertz CT molecular complexity index is 2430. The Morgan fingerprint density at radius 2 is 1.25 bits per heavy atom. The van der Waals surface area contributed by atoms with Gasteiger partial charge in [-0.2, -0.15) is 0 Å². The maximum atomic E-state index is 6.34. The number of rotatable bonds is 2. The minimum absolute atomic E-state index is 0.643. The lowest BCUT2D eigenvalue weighted by atomic mass is 10.0. The normalized spacial score (nSPS) is 12.0. The van der Waals surface area contributed by atoms with Crippen molar-refractivity contribution in [2.45, 2.75) is 0 Å². The van der Waals surface area contributed by atoms with Gasteiger partial charge in [0.25, 0.3) is 0 Å². The molecule has 0 saturated heterocycles. The molecule has 0 bridgehead atoms. The summed E-state index contributed by atoms with van der Waals surface area (Å²) in [6.45, 7) is 0. The molecule has 4 heteroatoms. The van der Waals surface area contributed by atoms with Gasteiger partial charge in [0.05, 0.1) is 22.2 Å². The maximum absolute atomic E-state index is 6.34. The molecule has 0 fully saturated rings. The van der Waals surface area contributed by atoms with Crippen LogP contribution < -0.4 is 0 Å². The van der Waals surface area contributed by atoms with Crippen LogP contribution in [-0.2, 0) is 0 Å². The molecule has 0 aliphatic carbocycles. The SMILES string of the molecule is c1ccc(-c2nc(-n3c4cc5oc6ccccc6c5cc4c4ccc5ccccc5c43)nc3ccccc23)cc1. The Morgan fingerprint density at radius 1 is 0.500 bits per heavy atom. The van der Waals surface area contributed by atoms with Crippen molar-refractivity contribution in [1.29, 1.82) is 0 Å². The fourth-order valence-corrected chi connectivity index (χ4v) is 6.18. The molecule has 40 heavy (non-hydrogen) atoms. The summed E-state index contributed by atoms with van der Waals surface area (Å²) in [7, 11) is 0. The van der Waals surface area contributed by atoms with Crippen molar-refractivity contribution >= 4 is 65.4 Å². The van der Waals surface area contributed by atoms with E-state index in [0.717, 1.165) is 65.9 Å². The molecule has 0 N–H and O–H groups in total. The Hall–Kier alpha value is -5.48. The average molecular weight is 512 g/mol. The molecule has 0 amide bonds. The first-order valence-corrected chi connectivity index (χ1v) is 13.4. The minimum atomic E-state index is 0.643. The number of nitrogens with zero attached hydrogens (tertiary/aromatic N) is 3. The fourth-order valence-electron chi connectivity index (χ4n) is 6.18. The maximum Gasteiger partial charge on any atom is 0.235 e. The molecule has 0 radical (unpaired) electrons. The van der Waals surface area contributed by atoms with E-state index >= 15 is 0 Å². The molecule has 0 unspecified atom stereocenters. The summed E-state index contributed by atoms with van der Waals surface area (Å²) in [6.07, 6.45) is 0. The molecule has 9 rings (SSSR count). The van der Waals surface area contributed by atoms with Crippen molar-refractivity contribution in [3.8, 4) is 17.2 Å². The number of aromatic nitrogens is 3. The predicted molar refractivity (Wildman–Crippen MR) is 164 cm³/mol. The smallest absolute Gasteiger partial charge is 0.235 e. The van der Waals surface area contributed by atoms with Crippen molar-refractivity contribution in [3.63, 3.8) is 0 Å². The van der Waals surface area contributed by atoms with E-state index in [1.165, 1.54) is 10.8 Å². The number of para-hydroxylation sites is 2. The van der Waals surface area contributed by atoms with Crippen molar-refractivity contribution < 1.29 is 4.42 Å².